The van der Waals surface area contributed by atoms with Crippen LogP contribution in [0.2, 0.25) is 0 Å². The number of halogens is 1. The number of rotatable bonds is 5. The minimum Gasteiger partial charge on any atom is -0.350 e. The maximum absolute atomic E-state index is 12.9. The molecular weight excluding hydrogens is 335 g/mol. The van der Waals surface area contributed by atoms with Crippen LogP contribution in [0, 0.1) is 5.82 Å². The number of hydrogen-bond acceptors (Lipinski definition) is 4. The zero-order valence-electron chi connectivity index (χ0n) is 16.0. The largest absolute Gasteiger partial charge is 0.350 e. The Kier molecular flexibility index (Phi) is 6.72. The molecule has 1 fully saturated rings. The maximum Gasteiger partial charge on any atom is 0.238 e. The van der Waals surface area contributed by atoms with Gasteiger partial charge >= 0.3 is 0 Å². The van der Waals surface area contributed by atoms with Gasteiger partial charge in [0.05, 0.1) is 12.6 Å². The average Bonchev–Trinajstić information content (AvgIpc) is 2.55. The van der Waals surface area contributed by atoms with Gasteiger partial charge in [-0.05, 0) is 52.0 Å². The van der Waals surface area contributed by atoms with Crippen LogP contribution in [0.1, 0.15) is 27.7 Å². The van der Waals surface area contributed by atoms with Crippen molar-refractivity contribution in [1.82, 2.24) is 15.1 Å². The molecule has 1 heterocycles. The van der Waals surface area contributed by atoms with E-state index in [1.165, 1.54) is 12.1 Å². The Hall–Kier alpha value is -1.99. The Bertz CT molecular complexity index is 619. The lowest BCUT2D eigenvalue weighted by atomic mass is 10.1. The number of carbonyl (C=O) groups excluding carboxylic acids is 2. The van der Waals surface area contributed by atoms with Crippen molar-refractivity contribution in [2.75, 3.05) is 38.0 Å². The molecular formula is C19H29FN4O2. The highest BCUT2D eigenvalue weighted by Crippen LogP contribution is 2.10. The summed E-state index contributed by atoms with van der Waals surface area (Å²) < 4.78 is 12.9. The lowest BCUT2D eigenvalue weighted by Crippen LogP contribution is -2.56. The standard InChI is InChI=1S/C19H29FN4O2/c1-14(18(26)22-19(2,3)4)24-11-9-23(10-12-24)13-17(25)21-16-7-5-15(20)6-8-16/h5-8,14H,9-13H2,1-4H3,(H,21,25)(H,22,26)/t14-/m1/s1. The van der Waals surface area contributed by atoms with Crippen LogP contribution < -0.4 is 10.6 Å². The van der Waals surface area contributed by atoms with Gasteiger partial charge in [0.25, 0.3) is 0 Å². The van der Waals surface area contributed by atoms with Crippen LogP contribution >= 0.6 is 0 Å². The first-order valence-corrected chi connectivity index (χ1v) is 8.98. The number of nitrogens with zero attached hydrogens (tertiary/aromatic N) is 2. The number of anilines is 1. The second-order valence-electron chi connectivity index (χ2n) is 7.78. The maximum atomic E-state index is 12.9. The molecule has 1 aliphatic heterocycles. The van der Waals surface area contributed by atoms with Crippen LogP contribution in [0.25, 0.3) is 0 Å². The molecule has 0 aromatic heterocycles. The van der Waals surface area contributed by atoms with Crippen molar-refractivity contribution < 1.29 is 14.0 Å². The molecule has 1 atom stereocenters. The Morgan fingerprint density at radius 1 is 1.12 bits per heavy atom. The van der Waals surface area contributed by atoms with Crippen LogP contribution in [0.4, 0.5) is 10.1 Å². The number of amides is 2. The summed E-state index contributed by atoms with van der Waals surface area (Å²) in [5, 5.41) is 5.78. The lowest BCUT2D eigenvalue weighted by Gasteiger charge is -2.38. The molecule has 1 aromatic carbocycles. The minimum absolute atomic E-state index is 0.0278. The highest BCUT2D eigenvalue weighted by molar-refractivity contribution is 5.92. The summed E-state index contributed by atoms with van der Waals surface area (Å²) in [5.74, 6) is -0.424. The van der Waals surface area contributed by atoms with Gasteiger partial charge in [-0.1, -0.05) is 0 Å². The van der Waals surface area contributed by atoms with Gasteiger partial charge in [-0.2, -0.15) is 0 Å². The fourth-order valence-corrected chi connectivity index (χ4v) is 2.89. The first-order chi connectivity index (χ1) is 12.1. The molecule has 144 valence electrons. The van der Waals surface area contributed by atoms with Crippen LogP contribution in [0.3, 0.4) is 0 Å². The van der Waals surface area contributed by atoms with Gasteiger partial charge < -0.3 is 10.6 Å². The second-order valence-corrected chi connectivity index (χ2v) is 7.78. The van der Waals surface area contributed by atoms with Crippen molar-refractivity contribution in [1.29, 1.82) is 0 Å². The van der Waals surface area contributed by atoms with E-state index in [4.69, 9.17) is 0 Å². The molecule has 2 amide bonds. The molecule has 0 aliphatic carbocycles. The first kappa shape index (κ1) is 20.3. The Morgan fingerprint density at radius 3 is 2.23 bits per heavy atom. The van der Waals surface area contributed by atoms with E-state index >= 15 is 0 Å². The molecule has 2 rings (SSSR count). The van der Waals surface area contributed by atoms with E-state index in [0.29, 0.717) is 5.69 Å². The zero-order valence-corrected chi connectivity index (χ0v) is 16.0. The van der Waals surface area contributed by atoms with Crippen LogP contribution in [-0.4, -0.2) is 65.9 Å². The van der Waals surface area contributed by atoms with E-state index in [0.717, 1.165) is 26.2 Å². The summed E-state index contributed by atoms with van der Waals surface area (Å²) in [4.78, 5) is 28.6. The van der Waals surface area contributed by atoms with Crippen LogP contribution in [-0.2, 0) is 9.59 Å². The van der Waals surface area contributed by atoms with Crippen molar-refractivity contribution in [2.45, 2.75) is 39.3 Å². The summed E-state index contributed by atoms with van der Waals surface area (Å²) in [6.07, 6.45) is 0. The smallest absolute Gasteiger partial charge is 0.238 e. The minimum atomic E-state index is -0.330. The van der Waals surface area contributed by atoms with Crippen molar-refractivity contribution in [3.05, 3.63) is 30.1 Å². The van der Waals surface area contributed by atoms with Gasteiger partial charge in [0.2, 0.25) is 11.8 Å². The van der Waals surface area contributed by atoms with Gasteiger partial charge in [-0.25, -0.2) is 4.39 Å². The number of hydrogen-bond donors (Lipinski definition) is 2. The first-order valence-electron chi connectivity index (χ1n) is 8.98. The van der Waals surface area contributed by atoms with Gasteiger partial charge in [-0.15, -0.1) is 0 Å². The third kappa shape index (κ3) is 6.38. The van der Waals surface area contributed by atoms with Crippen LogP contribution in [0.5, 0.6) is 0 Å². The quantitative estimate of drug-likeness (QED) is 0.835. The molecule has 26 heavy (non-hydrogen) atoms. The fourth-order valence-electron chi connectivity index (χ4n) is 2.89. The number of benzene rings is 1. The molecule has 1 aromatic rings. The highest BCUT2D eigenvalue weighted by atomic mass is 19.1. The highest BCUT2D eigenvalue weighted by Gasteiger charge is 2.28. The zero-order chi connectivity index (χ0) is 19.3. The summed E-state index contributed by atoms with van der Waals surface area (Å²) >= 11 is 0. The Labute approximate surface area is 154 Å². The predicted molar refractivity (Wildman–Crippen MR) is 100 cm³/mol. The number of piperazine rings is 1. The SMILES string of the molecule is C[C@H](C(=O)NC(C)(C)C)N1CCN(CC(=O)Nc2ccc(F)cc2)CC1. The monoisotopic (exact) mass is 364 g/mol. The van der Waals surface area contributed by atoms with Crippen molar-refractivity contribution >= 4 is 17.5 Å². The summed E-state index contributed by atoms with van der Waals surface area (Å²) in [6.45, 7) is 11.0. The van der Waals surface area contributed by atoms with Crippen molar-refractivity contribution in [3.8, 4) is 0 Å². The van der Waals surface area contributed by atoms with E-state index in [2.05, 4.69) is 20.4 Å². The van der Waals surface area contributed by atoms with Crippen LogP contribution in [0.15, 0.2) is 24.3 Å². The molecule has 1 saturated heterocycles. The number of carbonyl (C=O) groups is 2. The molecule has 1 aliphatic rings. The van der Waals surface area contributed by atoms with Gasteiger partial charge in [-0.3, -0.25) is 19.4 Å². The molecule has 2 N–H and O–H groups in total. The molecule has 6 nitrogen and oxygen atoms in total. The predicted octanol–water partition coefficient (Wildman–Crippen LogP) is 1.68. The van der Waals surface area contributed by atoms with Gasteiger partial charge in [0.15, 0.2) is 0 Å². The Balaban J connectivity index is 1.76. The second kappa shape index (κ2) is 8.60. The van der Waals surface area contributed by atoms with Gasteiger partial charge in [0.1, 0.15) is 5.82 Å². The normalized spacial score (nSPS) is 17.6. The fraction of sp³-hybridized carbons (Fsp3) is 0.579. The Morgan fingerprint density at radius 2 is 1.69 bits per heavy atom. The summed E-state index contributed by atoms with van der Waals surface area (Å²) in [5.41, 5.74) is 0.341. The average molecular weight is 364 g/mol. The third-order valence-corrected chi connectivity index (χ3v) is 4.33. The van der Waals surface area contributed by atoms with E-state index in [-0.39, 0.29) is 35.8 Å². The molecule has 0 spiro atoms. The van der Waals surface area contributed by atoms with E-state index in [1.807, 2.05) is 27.7 Å². The number of nitrogens with one attached hydrogen (secondary N) is 2. The molecule has 0 unspecified atom stereocenters. The molecule has 0 radical (unpaired) electrons. The van der Waals surface area contributed by atoms with E-state index < -0.39 is 0 Å². The molecule has 0 saturated carbocycles. The third-order valence-electron chi connectivity index (χ3n) is 4.33. The summed E-state index contributed by atoms with van der Waals surface area (Å²) in [7, 11) is 0. The van der Waals surface area contributed by atoms with E-state index in [1.54, 1.807) is 12.1 Å². The van der Waals surface area contributed by atoms with E-state index in [9.17, 15) is 14.0 Å². The topological polar surface area (TPSA) is 64.7 Å². The molecule has 7 heteroatoms. The van der Waals surface area contributed by atoms with Gasteiger partial charge in [0, 0.05) is 37.4 Å². The summed E-state index contributed by atoms with van der Waals surface area (Å²) in [6, 6.07) is 5.53. The van der Waals surface area contributed by atoms with Crippen molar-refractivity contribution in [2.24, 2.45) is 0 Å². The molecule has 0 bridgehead atoms. The van der Waals surface area contributed by atoms with Crippen molar-refractivity contribution in [3.63, 3.8) is 0 Å². The lowest BCUT2D eigenvalue weighted by molar-refractivity contribution is -0.128.